The molecular weight excluding hydrogens is 390 g/mol. The van der Waals surface area contributed by atoms with Gasteiger partial charge in [-0.15, -0.1) is 0 Å². The molecule has 31 heavy (non-hydrogen) atoms. The minimum absolute atomic E-state index is 0.00249. The highest BCUT2D eigenvalue weighted by molar-refractivity contribution is 5.92. The number of hydrogen-bond donors (Lipinski definition) is 2. The predicted octanol–water partition coefficient (Wildman–Crippen LogP) is 4.47. The van der Waals surface area contributed by atoms with Crippen LogP contribution in [0.2, 0.25) is 0 Å². The van der Waals surface area contributed by atoms with Crippen molar-refractivity contribution in [3.8, 4) is 5.75 Å². The summed E-state index contributed by atoms with van der Waals surface area (Å²) in [6.07, 6.45) is 5.39. The van der Waals surface area contributed by atoms with Crippen LogP contribution in [0.25, 0.3) is 6.08 Å². The Balaban J connectivity index is 1.45. The number of carbonyl (C=O) groups excluding carboxylic acids is 2. The van der Waals surface area contributed by atoms with E-state index in [9.17, 15) is 9.59 Å². The van der Waals surface area contributed by atoms with E-state index in [1.165, 1.54) is 0 Å². The van der Waals surface area contributed by atoms with E-state index in [4.69, 9.17) is 4.74 Å². The molecule has 1 atom stereocenters. The molecule has 1 aliphatic rings. The van der Waals surface area contributed by atoms with Crippen molar-refractivity contribution in [1.29, 1.82) is 0 Å². The predicted molar refractivity (Wildman–Crippen MR) is 124 cm³/mol. The van der Waals surface area contributed by atoms with E-state index in [1.54, 1.807) is 6.08 Å². The summed E-state index contributed by atoms with van der Waals surface area (Å²) in [5.74, 6) is 1.08. The van der Waals surface area contributed by atoms with E-state index in [1.807, 2.05) is 73.4 Å². The number of hydrogen-bond acceptors (Lipinski definition) is 3. The topological polar surface area (TPSA) is 70.7 Å². The summed E-state index contributed by atoms with van der Waals surface area (Å²) in [5, 5.41) is 5.77. The van der Waals surface area contributed by atoms with E-state index in [2.05, 4.69) is 10.6 Å². The Labute approximate surface area is 184 Å². The summed E-state index contributed by atoms with van der Waals surface area (Å²) in [6, 6.07) is 15.1. The first-order valence-electron chi connectivity index (χ1n) is 10.8. The van der Waals surface area contributed by atoms with Gasteiger partial charge >= 0.3 is 6.03 Å². The number of rotatable bonds is 7. The quantitative estimate of drug-likeness (QED) is 0.648. The van der Waals surface area contributed by atoms with Crippen LogP contribution in [0.3, 0.4) is 0 Å². The van der Waals surface area contributed by atoms with Crippen LogP contribution >= 0.6 is 0 Å². The van der Waals surface area contributed by atoms with Crippen molar-refractivity contribution >= 4 is 23.7 Å². The Hall–Kier alpha value is -3.28. The molecule has 0 spiro atoms. The van der Waals surface area contributed by atoms with Crippen LogP contribution in [0, 0.1) is 12.8 Å². The molecule has 2 aromatic carbocycles. The van der Waals surface area contributed by atoms with Gasteiger partial charge in [0.05, 0.1) is 6.61 Å². The number of ether oxygens (including phenoxy) is 1. The second kappa shape index (κ2) is 11.2. The molecule has 1 heterocycles. The number of piperidine rings is 1. The van der Waals surface area contributed by atoms with Crippen LogP contribution < -0.4 is 15.4 Å². The Bertz CT molecular complexity index is 891. The van der Waals surface area contributed by atoms with Crippen LogP contribution in [0.15, 0.2) is 54.6 Å². The van der Waals surface area contributed by atoms with Gasteiger partial charge in [0, 0.05) is 31.4 Å². The number of benzene rings is 2. The maximum Gasteiger partial charge on any atom is 0.319 e. The van der Waals surface area contributed by atoms with Gasteiger partial charge in [-0.25, -0.2) is 4.79 Å². The van der Waals surface area contributed by atoms with Gasteiger partial charge in [-0.2, -0.15) is 0 Å². The highest BCUT2D eigenvalue weighted by atomic mass is 16.5. The monoisotopic (exact) mass is 421 g/mol. The zero-order valence-electron chi connectivity index (χ0n) is 18.3. The Morgan fingerprint density at radius 2 is 1.87 bits per heavy atom. The van der Waals surface area contributed by atoms with Crippen molar-refractivity contribution in [1.82, 2.24) is 10.2 Å². The fourth-order valence-corrected chi connectivity index (χ4v) is 3.60. The zero-order valence-corrected chi connectivity index (χ0v) is 18.3. The summed E-state index contributed by atoms with van der Waals surface area (Å²) in [5.41, 5.74) is 2.87. The molecule has 164 valence electrons. The summed E-state index contributed by atoms with van der Waals surface area (Å²) in [6.45, 7) is 6.53. The molecule has 0 aliphatic carbocycles. The molecule has 2 aromatic rings. The van der Waals surface area contributed by atoms with Crippen LogP contribution in [0.4, 0.5) is 10.5 Å². The zero-order chi connectivity index (χ0) is 22.1. The van der Waals surface area contributed by atoms with Crippen LogP contribution in [-0.4, -0.2) is 43.1 Å². The molecule has 3 rings (SSSR count). The van der Waals surface area contributed by atoms with Gasteiger partial charge in [-0.3, -0.25) is 4.79 Å². The standard InChI is InChI=1S/C25H31N3O3/c1-3-31-23-13-8-20(9-14-23)10-15-24(29)28-16-4-5-21(18-28)17-26-25(30)27-22-11-6-19(2)7-12-22/h6-15,21H,3-5,16-18H2,1-2H3,(H2,26,27,30). The Morgan fingerprint density at radius 3 is 2.58 bits per heavy atom. The highest BCUT2D eigenvalue weighted by Crippen LogP contribution is 2.17. The van der Waals surface area contributed by atoms with Crippen molar-refractivity contribution < 1.29 is 14.3 Å². The van der Waals surface area contributed by atoms with E-state index in [0.717, 1.165) is 42.0 Å². The van der Waals surface area contributed by atoms with Crippen molar-refractivity contribution in [2.24, 2.45) is 5.92 Å². The Kier molecular flexibility index (Phi) is 8.10. The van der Waals surface area contributed by atoms with Gasteiger partial charge in [-0.1, -0.05) is 29.8 Å². The summed E-state index contributed by atoms with van der Waals surface area (Å²) in [4.78, 5) is 26.6. The number of urea groups is 1. The van der Waals surface area contributed by atoms with Gasteiger partial charge < -0.3 is 20.3 Å². The van der Waals surface area contributed by atoms with Crippen molar-refractivity contribution in [2.75, 3.05) is 31.6 Å². The fourth-order valence-electron chi connectivity index (χ4n) is 3.60. The number of aryl methyl sites for hydroxylation is 1. The minimum atomic E-state index is -0.220. The molecular formula is C25H31N3O3. The number of amides is 3. The second-order valence-corrected chi connectivity index (χ2v) is 7.83. The van der Waals surface area contributed by atoms with E-state index in [-0.39, 0.29) is 17.9 Å². The molecule has 6 heteroatoms. The molecule has 2 N–H and O–H groups in total. The van der Waals surface area contributed by atoms with Crippen molar-refractivity contribution in [2.45, 2.75) is 26.7 Å². The van der Waals surface area contributed by atoms with E-state index >= 15 is 0 Å². The fraction of sp³-hybridized carbons (Fsp3) is 0.360. The summed E-state index contributed by atoms with van der Waals surface area (Å²) in [7, 11) is 0. The maximum absolute atomic E-state index is 12.6. The molecule has 1 fully saturated rings. The number of anilines is 1. The van der Waals surface area contributed by atoms with Gasteiger partial charge in [-0.05, 0) is 68.5 Å². The lowest BCUT2D eigenvalue weighted by Gasteiger charge is -2.32. The molecule has 6 nitrogen and oxygen atoms in total. The molecule has 1 unspecified atom stereocenters. The lowest BCUT2D eigenvalue weighted by atomic mass is 9.98. The minimum Gasteiger partial charge on any atom is -0.494 e. The van der Waals surface area contributed by atoms with Crippen LogP contribution in [0.5, 0.6) is 5.75 Å². The average molecular weight is 422 g/mol. The number of carbonyl (C=O) groups is 2. The third-order valence-corrected chi connectivity index (χ3v) is 5.30. The summed E-state index contributed by atoms with van der Waals surface area (Å²) < 4.78 is 5.44. The second-order valence-electron chi connectivity index (χ2n) is 7.83. The SMILES string of the molecule is CCOc1ccc(C=CC(=O)N2CCCC(CNC(=O)Nc3ccc(C)cc3)C2)cc1. The van der Waals surface area contributed by atoms with Crippen molar-refractivity contribution in [3.05, 3.63) is 65.7 Å². The molecule has 3 amide bonds. The van der Waals surface area contributed by atoms with E-state index in [0.29, 0.717) is 19.7 Å². The summed E-state index contributed by atoms with van der Waals surface area (Å²) >= 11 is 0. The van der Waals surface area contributed by atoms with Crippen LogP contribution in [-0.2, 0) is 4.79 Å². The molecule has 1 aliphatic heterocycles. The lowest BCUT2D eigenvalue weighted by molar-refractivity contribution is -0.127. The smallest absolute Gasteiger partial charge is 0.319 e. The largest absolute Gasteiger partial charge is 0.494 e. The molecule has 0 radical (unpaired) electrons. The number of likely N-dealkylation sites (tertiary alicyclic amines) is 1. The van der Waals surface area contributed by atoms with Crippen molar-refractivity contribution in [3.63, 3.8) is 0 Å². The molecule has 1 saturated heterocycles. The molecule has 0 bridgehead atoms. The highest BCUT2D eigenvalue weighted by Gasteiger charge is 2.22. The number of nitrogens with zero attached hydrogens (tertiary/aromatic N) is 1. The first kappa shape index (κ1) is 22.4. The lowest BCUT2D eigenvalue weighted by Crippen LogP contribution is -2.43. The third-order valence-electron chi connectivity index (χ3n) is 5.30. The normalized spacial score (nSPS) is 16.2. The first-order chi connectivity index (χ1) is 15.0. The molecule has 0 saturated carbocycles. The average Bonchev–Trinajstić information content (AvgIpc) is 2.79. The Morgan fingerprint density at radius 1 is 1.13 bits per heavy atom. The third kappa shape index (κ3) is 7.17. The van der Waals surface area contributed by atoms with Gasteiger partial charge in [0.15, 0.2) is 0 Å². The molecule has 0 aromatic heterocycles. The first-order valence-corrected chi connectivity index (χ1v) is 10.8. The number of nitrogens with one attached hydrogen (secondary N) is 2. The van der Waals surface area contributed by atoms with Gasteiger partial charge in [0.2, 0.25) is 5.91 Å². The maximum atomic E-state index is 12.6. The van der Waals surface area contributed by atoms with Gasteiger partial charge in [0.25, 0.3) is 0 Å². The van der Waals surface area contributed by atoms with Crippen LogP contribution in [0.1, 0.15) is 30.9 Å². The van der Waals surface area contributed by atoms with Gasteiger partial charge in [0.1, 0.15) is 5.75 Å². The van der Waals surface area contributed by atoms with E-state index < -0.39 is 0 Å².